The number of amides is 3. The summed E-state index contributed by atoms with van der Waals surface area (Å²) >= 11 is 0. The molecule has 1 aromatic carbocycles. The number of hydrogen-bond acceptors (Lipinski definition) is 3. The predicted molar refractivity (Wildman–Crippen MR) is 81.2 cm³/mol. The van der Waals surface area contributed by atoms with Gasteiger partial charge in [-0.25, -0.2) is 0 Å². The van der Waals surface area contributed by atoms with E-state index in [9.17, 15) is 14.4 Å². The second-order valence-corrected chi connectivity index (χ2v) is 7.02. The molecular formula is C17H20N2O3. The maximum absolute atomic E-state index is 12.5. The van der Waals surface area contributed by atoms with Crippen LogP contribution in [0, 0.1) is 0 Å². The Labute approximate surface area is 129 Å². The molecule has 0 unspecified atom stereocenters. The van der Waals surface area contributed by atoms with Gasteiger partial charge in [0.15, 0.2) is 0 Å². The van der Waals surface area contributed by atoms with Crippen LogP contribution in [-0.2, 0) is 21.5 Å². The summed E-state index contributed by atoms with van der Waals surface area (Å²) in [5.74, 6) is -0.751. The van der Waals surface area contributed by atoms with Crippen molar-refractivity contribution in [3.05, 3.63) is 34.9 Å². The molecule has 0 aromatic heterocycles. The molecule has 1 atom stereocenters. The van der Waals surface area contributed by atoms with Gasteiger partial charge in [0.1, 0.15) is 6.04 Å². The van der Waals surface area contributed by atoms with Gasteiger partial charge in [-0.15, -0.1) is 0 Å². The zero-order chi connectivity index (χ0) is 16.1. The van der Waals surface area contributed by atoms with Gasteiger partial charge in [-0.3, -0.25) is 19.7 Å². The Morgan fingerprint density at radius 1 is 1.18 bits per heavy atom. The summed E-state index contributed by atoms with van der Waals surface area (Å²) in [7, 11) is 0. The first kappa shape index (κ1) is 14.8. The van der Waals surface area contributed by atoms with Crippen LogP contribution in [0.1, 0.15) is 55.1 Å². The van der Waals surface area contributed by atoms with Gasteiger partial charge in [0.05, 0.1) is 0 Å². The highest BCUT2D eigenvalue weighted by molar-refractivity contribution is 6.05. The molecule has 3 amide bonds. The highest BCUT2D eigenvalue weighted by Gasteiger charge is 2.39. The third kappa shape index (κ3) is 2.40. The fourth-order valence-corrected chi connectivity index (χ4v) is 3.04. The molecule has 1 saturated heterocycles. The van der Waals surface area contributed by atoms with Crippen LogP contribution >= 0.6 is 0 Å². The van der Waals surface area contributed by atoms with Crippen LogP contribution in [0.2, 0.25) is 0 Å². The van der Waals surface area contributed by atoms with Crippen molar-refractivity contribution in [3.8, 4) is 0 Å². The Kier molecular flexibility index (Phi) is 3.31. The van der Waals surface area contributed by atoms with Gasteiger partial charge in [0.2, 0.25) is 11.8 Å². The molecule has 0 spiro atoms. The normalized spacial score (nSPS) is 21.9. The Morgan fingerprint density at radius 3 is 2.55 bits per heavy atom. The lowest BCUT2D eigenvalue weighted by atomic mass is 9.85. The number of benzene rings is 1. The van der Waals surface area contributed by atoms with E-state index in [4.69, 9.17) is 0 Å². The number of carbonyl (C=O) groups excluding carboxylic acids is 3. The van der Waals surface area contributed by atoms with Crippen LogP contribution < -0.4 is 5.32 Å². The van der Waals surface area contributed by atoms with E-state index < -0.39 is 6.04 Å². The van der Waals surface area contributed by atoms with Crippen molar-refractivity contribution in [3.63, 3.8) is 0 Å². The summed E-state index contributed by atoms with van der Waals surface area (Å²) in [5, 5.41) is 2.32. The first-order chi connectivity index (χ1) is 10.3. The van der Waals surface area contributed by atoms with Crippen LogP contribution in [0.25, 0.3) is 0 Å². The van der Waals surface area contributed by atoms with E-state index in [-0.39, 0.29) is 29.6 Å². The van der Waals surface area contributed by atoms with Crippen LogP contribution in [0.3, 0.4) is 0 Å². The van der Waals surface area contributed by atoms with Crippen LogP contribution in [-0.4, -0.2) is 28.7 Å². The Bertz CT molecular complexity index is 673. The van der Waals surface area contributed by atoms with Crippen molar-refractivity contribution >= 4 is 17.7 Å². The third-order valence-electron chi connectivity index (χ3n) is 4.39. The number of piperidine rings is 1. The Balaban J connectivity index is 1.88. The molecule has 1 fully saturated rings. The molecule has 0 aliphatic carbocycles. The molecule has 116 valence electrons. The highest BCUT2D eigenvalue weighted by atomic mass is 16.2. The van der Waals surface area contributed by atoms with Crippen molar-refractivity contribution in [1.82, 2.24) is 10.2 Å². The number of carbonyl (C=O) groups is 3. The monoisotopic (exact) mass is 300 g/mol. The zero-order valence-electron chi connectivity index (χ0n) is 13.1. The molecule has 22 heavy (non-hydrogen) atoms. The molecule has 2 aliphatic heterocycles. The minimum absolute atomic E-state index is 0.0140. The van der Waals surface area contributed by atoms with E-state index in [0.29, 0.717) is 18.5 Å². The molecule has 5 nitrogen and oxygen atoms in total. The summed E-state index contributed by atoms with van der Waals surface area (Å²) in [5.41, 5.74) is 2.81. The summed E-state index contributed by atoms with van der Waals surface area (Å²) in [4.78, 5) is 37.4. The van der Waals surface area contributed by atoms with E-state index in [0.717, 1.165) is 5.56 Å². The van der Waals surface area contributed by atoms with E-state index in [2.05, 4.69) is 32.2 Å². The van der Waals surface area contributed by atoms with Crippen molar-refractivity contribution in [2.45, 2.75) is 51.6 Å². The lowest BCUT2D eigenvalue weighted by molar-refractivity contribution is -0.136. The quantitative estimate of drug-likeness (QED) is 0.803. The number of hydrogen-bond donors (Lipinski definition) is 1. The minimum atomic E-state index is -0.546. The van der Waals surface area contributed by atoms with Gasteiger partial charge in [0, 0.05) is 18.5 Å². The Hall–Kier alpha value is -2.17. The van der Waals surface area contributed by atoms with Crippen molar-refractivity contribution in [2.75, 3.05) is 0 Å². The van der Waals surface area contributed by atoms with E-state index in [1.165, 1.54) is 5.56 Å². The van der Waals surface area contributed by atoms with Gasteiger partial charge in [-0.1, -0.05) is 32.9 Å². The zero-order valence-corrected chi connectivity index (χ0v) is 13.1. The van der Waals surface area contributed by atoms with Crippen LogP contribution in [0.15, 0.2) is 18.2 Å². The van der Waals surface area contributed by atoms with E-state index in [1.54, 1.807) is 4.90 Å². The van der Waals surface area contributed by atoms with Gasteiger partial charge in [-0.2, -0.15) is 0 Å². The first-order valence-electron chi connectivity index (χ1n) is 7.55. The molecule has 3 rings (SSSR count). The van der Waals surface area contributed by atoms with Crippen LogP contribution in [0.4, 0.5) is 0 Å². The molecule has 1 N–H and O–H groups in total. The molecule has 2 heterocycles. The third-order valence-corrected chi connectivity index (χ3v) is 4.39. The number of nitrogens with one attached hydrogen (secondary N) is 1. The van der Waals surface area contributed by atoms with Gasteiger partial charge in [-0.05, 0) is 29.0 Å². The molecular weight excluding hydrogens is 280 g/mol. The molecule has 0 saturated carbocycles. The van der Waals surface area contributed by atoms with Gasteiger partial charge < -0.3 is 4.90 Å². The highest BCUT2D eigenvalue weighted by Crippen LogP contribution is 2.31. The fraction of sp³-hybridized carbons (Fsp3) is 0.471. The molecule has 5 heteroatoms. The van der Waals surface area contributed by atoms with E-state index in [1.807, 2.05) is 12.1 Å². The first-order valence-corrected chi connectivity index (χ1v) is 7.55. The average molecular weight is 300 g/mol. The minimum Gasteiger partial charge on any atom is -0.322 e. The lowest BCUT2D eigenvalue weighted by Crippen LogP contribution is -2.52. The molecule has 0 radical (unpaired) electrons. The summed E-state index contributed by atoms with van der Waals surface area (Å²) < 4.78 is 0. The van der Waals surface area contributed by atoms with Crippen molar-refractivity contribution in [2.24, 2.45) is 0 Å². The maximum Gasteiger partial charge on any atom is 0.255 e. The van der Waals surface area contributed by atoms with Gasteiger partial charge in [0.25, 0.3) is 5.91 Å². The Morgan fingerprint density at radius 2 is 1.91 bits per heavy atom. The summed E-state index contributed by atoms with van der Waals surface area (Å²) in [6.07, 6.45) is 0.681. The number of rotatable bonds is 1. The lowest BCUT2D eigenvalue weighted by Gasteiger charge is -2.29. The second kappa shape index (κ2) is 4.93. The fourth-order valence-electron chi connectivity index (χ4n) is 3.04. The molecule has 2 aliphatic rings. The second-order valence-electron chi connectivity index (χ2n) is 7.02. The van der Waals surface area contributed by atoms with E-state index >= 15 is 0 Å². The smallest absolute Gasteiger partial charge is 0.255 e. The summed E-state index contributed by atoms with van der Waals surface area (Å²) in [6.45, 7) is 6.82. The number of imide groups is 1. The molecule has 1 aromatic rings. The SMILES string of the molecule is CC(C)(C)c1ccc2c(c1)CN([C@@H]1CCC(=O)NC1=O)C2=O. The van der Waals surface area contributed by atoms with Crippen LogP contribution in [0.5, 0.6) is 0 Å². The maximum atomic E-state index is 12.5. The standard InChI is InChI=1S/C17H20N2O3/c1-17(2,3)11-4-5-12-10(8-11)9-19(16(12)22)13-6-7-14(20)18-15(13)21/h4-5,8,13H,6-7,9H2,1-3H3,(H,18,20,21)/t13-/m1/s1. The average Bonchev–Trinajstić information content (AvgIpc) is 2.75. The number of nitrogens with zero attached hydrogens (tertiary/aromatic N) is 1. The van der Waals surface area contributed by atoms with Crippen molar-refractivity contribution < 1.29 is 14.4 Å². The predicted octanol–water partition coefficient (Wildman–Crippen LogP) is 1.75. The topological polar surface area (TPSA) is 66.5 Å². The number of fused-ring (bicyclic) bond motifs is 1. The van der Waals surface area contributed by atoms with Crippen molar-refractivity contribution in [1.29, 1.82) is 0 Å². The summed E-state index contributed by atoms with van der Waals surface area (Å²) in [6, 6.07) is 5.34. The molecule has 0 bridgehead atoms. The van der Waals surface area contributed by atoms with Gasteiger partial charge >= 0.3 is 0 Å². The largest absolute Gasteiger partial charge is 0.322 e.